The lowest BCUT2D eigenvalue weighted by Gasteiger charge is -2.27. The highest BCUT2D eigenvalue weighted by molar-refractivity contribution is 4.73. The van der Waals surface area contributed by atoms with Crippen molar-refractivity contribution in [1.82, 2.24) is 0 Å². The molecular formula is C7H12O3. The molecule has 0 N–H and O–H groups in total. The molecule has 10 heavy (non-hydrogen) atoms. The average molecular weight is 144 g/mol. The van der Waals surface area contributed by atoms with E-state index in [-0.39, 0.29) is 12.6 Å². The minimum absolute atomic E-state index is 0.168. The molecule has 3 heteroatoms. The van der Waals surface area contributed by atoms with Crippen molar-refractivity contribution in [2.24, 2.45) is 0 Å². The lowest BCUT2D eigenvalue weighted by Crippen LogP contribution is -2.30. The van der Waals surface area contributed by atoms with Gasteiger partial charge < -0.3 is 14.2 Å². The van der Waals surface area contributed by atoms with Gasteiger partial charge in [-0.05, 0) is 6.42 Å². The van der Waals surface area contributed by atoms with Gasteiger partial charge in [0.05, 0.1) is 0 Å². The van der Waals surface area contributed by atoms with Crippen LogP contribution in [0.3, 0.4) is 0 Å². The van der Waals surface area contributed by atoms with Crippen LogP contribution in [0.2, 0.25) is 0 Å². The summed E-state index contributed by atoms with van der Waals surface area (Å²) >= 11 is 0. The van der Waals surface area contributed by atoms with Gasteiger partial charge in [-0.25, -0.2) is 0 Å². The van der Waals surface area contributed by atoms with E-state index in [0.29, 0.717) is 0 Å². The predicted octanol–water partition coefficient (Wildman–Crippen LogP) is 0.823. The average Bonchev–Trinajstić information content (AvgIpc) is 2.05. The van der Waals surface area contributed by atoms with E-state index in [4.69, 9.17) is 14.2 Å². The third kappa shape index (κ3) is 1.94. The van der Waals surface area contributed by atoms with E-state index in [0.717, 1.165) is 12.8 Å². The van der Waals surface area contributed by atoms with E-state index in [1.807, 2.05) is 0 Å². The molecule has 0 bridgehead atoms. The van der Waals surface area contributed by atoms with Gasteiger partial charge >= 0.3 is 0 Å². The second-order valence-corrected chi connectivity index (χ2v) is 2.12. The monoisotopic (exact) mass is 144 g/mol. The number of hydrogen-bond donors (Lipinski definition) is 0. The van der Waals surface area contributed by atoms with Crippen LogP contribution in [0, 0.1) is 6.42 Å². The fourth-order valence-corrected chi connectivity index (χ4v) is 0.862. The molecule has 0 saturated carbocycles. The lowest BCUT2D eigenvalue weighted by molar-refractivity contribution is -0.241. The summed E-state index contributed by atoms with van der Waals surface area (Å²) in [6.07, 6.45) is 4.24. The van der Waals surface area contributed by atoms with Crippen molar-refractivity contribution >= 4 is 0 Å². The van der Waals surface area contributed by atoms with Crippen LogP contribution in [0.4, 0.5) is 0 Å². The summed E-state index contributed by atoms with van der Waals surface area (Å²) in [5.74, 6) is 0. The van der Waals surface area contributed by atoms with Crippen LogP contribution in [0.25, 0.3) is 0 Å². The zero-order valence-electron chi connectivity index (χ0n) is 6.29. The van der Waals surface area contributed by atoms with Crippen LogP contribution in [0.15, 0.2) is 0 Å². The largest absolute Gasteiger partial charge is 0.356 e. The van der Waals surface area contributed by atoms with Gasteiger partial charge in [0.15, 0.2) is 12.6 Å². The first kappa shape index (κ1) is 7.98. The standard InChI is InChI=1S/C7H12O3/c1-8-6-4-3-5-7(9-2)10-6/h6-7H,4-5H2,1-2H3. The maximum atomic E-state index is 5.28. The summed E-state index contributed by atoms with van der Waals surface area (Å²) in [4.78, 5) is 0. The highest BCUT2D eigenvalue weighted by Crippen LogP contribution is 2.18. The summed E-state index contributed by atoms with van der Waals surface area (Å²) in [6, 6.07) is 0. The summed E-state index contributed by atoms with van der Waals surface area (Å²) in [7, 11) is 3.23. The Balaban J connectivity index is 2.25. The molecule has 0 amide bonds. The van der Waals surface area contributed by atoms with Crippen molar-refractivity contribution in [1.29, 1.82) is 0 Å². The molecule has 1 saturated heterocycles. The van der Waals surface area contributed by atoms with Gasteiger partial charge in [0.25, 0.3) is 0 Å². The van der Waals surface area contributed by atoms with Crippen molar-refractivity contribution in [3.8, 4) is 0 Å². The van der Waals surface area contributed by atoms with Gasteiger partial charge in [-0.2, -0.15) is 0 Å². The molecule has 0 spiro atoms. The quantitative estimate of drug-likeness (QED) is 0.574. The third-order valence-electron chi connectivity index (χ3n) is 1.45. The zero-order chi connectivity index (χ0) is 7.40. The van der Waals surface area contributed by atoms with Gasteiger partial charge in [0, 0.05) is 27.1 Å². The second-order valence-electron chi connectivity index (χ2n) is 2.12. The van der Waals surface area contributed by atoms with E-state index in [1.54, 1.807) is 14.2 Å². The first-order chi connectivity index (χ1) is 4.86. The Morgan fingerprint density at radius 2 is 1.70 bits per heavy atom. The molecule has 1 aliphatic rings. The first-order valence-corrected chi connectivity index (χ1v) is 3.28. The topological polar surface area (TPSA) is 27.7 Å². The zero-order valence-corrected chi connectivity index (χ0v) is 6.29. The molecule has 1 heterocycles. The molecule has 0 aromatic rings. The molecule has 0 aliphatic carbocycles. The van der Waals surface area contributed by atoms with Gasteiger partial charge in [0.1, 0.15) is 0 Å². The van der Waals surface area contributed by atoms with Crippen LogP contribution < -0.4 is 0 Å². The third-order valence-corrected chi connectivity index (χ3v) is 1.45. The first-order valence-electron chi connectivity index (χ1n) is 3.28. The van der Waals surface area contributed by atoms with E-state index in [2.05, 4.69) is 6.42 Å². The van der Waals surface area contributed by atoms with Crippen molar-refractivity contribution in [3.63, 3.8) is 0 Å². The molecular weight excluding hydrogens is 132 g/mol. The number of ether oxygens (including phenoxy) is 3. The Hall–Kier alpha value is -0.120. The Morgan fingerprint density at radius 3 is 2.10 bits per heavy atom. The van der Waals surface area contributed by atoms with Crippen LogP contribution in [0.1, 0.15) is 12.8 Å². The molecule has 0 aromatic heterocycles. The Kier molecular flexibility index (Phi) is 3.12. The fraction of sp³-hybridized carbons (Fsp3) is 0.857. The van der Waals surface area contributed by atoms with Gasteiger partial charge in [0.2, 0.25) is 0 Å². The SMILES string of the molecule is COC1C[C]CC(OC)O1. The summed E-state index contributed by atoms with van der Waals surface area (Å²) in [5.41, 5.74) is 0. The lowest BCUT2D eigenvalue weighted by atomic mass is 10.2. The molecule has 1 aliphatic heterocycles. The fourth-order valence-electron chi connectivity index (χ4n) is 0.862. The highest BCUT2D eigenvalue weighted by atomic mass is 16.8. The molecule has 1 fully saturated rings. The van der Waals surface area contributed by atoms with Crippen LogP contribution in [0.5, 0.6) is 0 Å². The van der Waals surface area contributed by atoms with E-state index in [9.17, 15) is 0 Å². The van der Waals surface area contributed by atoms with Crippen molar-refractivity contribution in [2.75, 3.05) is 14.2 Å². The molecule has 2 unspecified atom stereocenters. The van der Waals surface area contributed by atoms with Crippen molar-refractivity contribution in [2.45, 2.75) is 25.4 Å². The number of methoxy groups -OCH3 is 2. The maximum Gasteiger partial charge on any atom is 0.160 e. The smallest absolute Gasteiger partial charge is 0.160 e. The van der Waals surface area contributed by atoms with E-state index >= 15 is 0 Å². The van der Waals surface area contributed by atoms with Gasteiger partial charge in [-0.1, -0.05) is 0 Å². The normalized spacial score (nSPS) is 34.2. The molecule has 2 radical (unpaired) electrons. The minimum Gasteiger partial charge on any atom is -0.356 e. The number of hydrogen-bond acceptors (Lipinski definition) is 3. The minimum atomic E-state index is -0.168. The maximum absolute atomic E-state index is 5.28. The molecule has 0 aromatic carbocycles. The molecule has 2 atom stereocenters. The molecule has 58 valence electrons. The summed E-state index contributed by atoms with van der Waals surface area (Å²) in [5, 5.41) is 0. The van der Waals surface area contributed by atoms with Gasteiger partial charge in [-0.3, -0.25) is 0 Å². The Labute approximate surface area is 61.3 Å². The predicted molar refractivity (Wildman–Crippen MR) is 35.2 cm³/mol. The van der Waals surface area contributed by atoms with Crippen LogP contribution in [-0.4, -0.2) is 26.8 Å². The van der Waals surface area contributed by atoms with Crippen LogP contribution >= 0.6 is 0 Å². The number of rotatable bonds is 2. The molecule has 3 nitrogen and oxygen atoms in total. The summed E-state index contributed by atoms with van der Waals surface area (Å²) < 4.78 is 15.2. The van der Waals surface area contributed by atoms with Crippen LogP contribution in [-0.2, 0) is 14.2 Å². The molecule has 1 rings (SSSR count). The Morgan fingerprint density at radius 1 is 1.20 bits per heavy atom. The second kappa shape index (κ2) is 3.91. The van der Waals surface area contributed by atoms with Crippen molar-refractivity contribution < 1.29 is 14.2 Å². The van der Waals surface area contributed by atoms with Gasteiger partial charge in [-0.15, -0.1) is 0 Å². The Bertz CT molecular complexity index is 84.9. The summed E-state index contributed by atoms with van der Waals surface area (Å²) in [6.45, 7) is 0. The van der Waals surface area contributed by atoms with E-state index < -0.39 is 0 Å². The highest BCUT2D eigenvalue weighted by Gasteiger charge is 2.21. The van der Waals surface area contributed by atoms with Crippen molar-refractivity contribution in [3.05, 3.63) is 6.42 Å². The van der Waals surface area contributed by atoms with E-state index in [1.165, 1.54) is 0 Å².